The van der Waals surface area contributed by atoms with Crippen LogP contribution in [0.25, 0.3) is 0 Å². The standard InChI is InChI=1S/C18H25NOS/c1-19(12-13-4-7-17(21-2)8-5-13)18(20)11-16-10-14-3-6-15(16)9-14/h4-5,7-8,14-16H,3,6,9-12H2,1-2H3. The highest BCUT2D eigenvalue weighted by Gasteiger charge is 2.40. The molecular weight excluding hydrogens is 278 g/mol. The molecular formula is C18H25NOS. The Bertz CT molecular complexity index is 498. The van der Waals surface area contributed by atoms with E-state index in [2.05, 4.69) is 30.5 Å². The zero-order chi connectivity index (χ0) is 14.8. The van der Waals surface area contributed by atoms with Crippen LogP contribution in [-0.2, 0) is 11.3 Å². The van der Waals surface area contributed by atoms with Crippen LogP contribution in [0.15, 0.2) is 29.2 Å². The van der Waals surface area contributed by atoms with Crippen molar-refractivity contribution in [3.63, 3.8) is 0 Å². The second kappa shape index (κ2) is 6.43. The lowest BCUT2D eigenvalue weighted by atomic mass is 9.86. The summed E-state index contributed by atoms with van der Waals surface area (Å²) in [6.45, 7) is 0.730. The molecule has 3 unspecified atom stereocenters. The molecule has 0 heterocycles. The SMILES string of the molecule is CSc1ccc(CN(C)C(=O)CC2CC3CCC2C3)cc1. The van der Waals surface area contributed by atoms with E-state index in [1.807, 2.05) is 11.9 Å². The van der Waals surface area contributed by atoms with Crippen molar-refractivity contribution >= 4 is 17.7 Å². The zero-order valence-corrected chi connectivity index (χ0v) is 13.9. The van der Waals surface area contributed by atoms with Gasteiger partial charge in [-0.25, -0.2) is 0 Å². The molecule has 2 saturated carbocycles. The van der Waals surface area contributed by atoms with E-state index in [9.17, 15) is 4.79 Å². The number of carbonyl (C=O) groups excluding carboxylic acids is 1. The Labute approximate surface area is 132 Å². The van der Waals surface area contributed by atoms with E-state index < -0.39 is 0 Å². The molecule has 0 N–H and O–H groups in total. The normalized spacial score (nSPS) is 27.0. The first kappa shape index (κ1) is 15.0. The third-order valence-electron chi connectivity index (χ3n) is 5.33. The summed E-state index contributed by atoms with van der Waals surface area (Å²) in [6, 6.07) is 8.53. The average molecular weight is 303 g/mol. The minimum atomic E-state index is 0.321. The van der Waals surface area contributed by atoms with E-state index >= 15 is 0 Å². The molecule has 0 aliphatic heterocycles. The first-order valence-electron chi connectivity index (χ1n) is 8.02. The van der Waals surface area contributed by atoms with Gasteiger partial charge in [-0.05, 0) is 61.0 Å². The van der Waals surface area contributed by atoms with Crippen LogP contribution in [0, 0.1) is 17.8 Å². The van der Waals surface area contributed by atoms with E-state index in [-0.39, 0.29) is 0 Å². The van der Waals surface area contributed by atoms with Gasteiger partial charge >= 0.3 is 0 Å². The molecule has 21 heavy (non-hydrogen) atoms. The second-order valence-corrected chi connectivity index (χ2v) is 7.62. The lowest BCUT2D eigenvalue weighted by Gasteiger charge is -2.24. The molecule has 2 aliphatic carbocycles. The van der Waals surface area contributed by atoms with Gasteiger partial charge in [0.05, 0.1) is 0 Å². The quantitative estimate of drug-likeness (QED) is 0.760. The summed E-state index contributed by atoms with van der Waals surface area (Å²) in [5, 5.41) is 0. The Kier molecular flexibility index (Phi) is 4.58. The highest BCUT2D eigenvalue weighted by Crippen LogP contribution is 2.49. The van der Waals surface area contributed by atoms with Crippen LogP contribution in [0.2, 0.25) is 0 Å². The van der Waals surface area contributed by atoms with Crippen LogP contribution in [0.1, 0.15) is 37.7 Å². The Balaban J connectivity index is 1.52. The predicted molar refractivity (Wildman–Crippen MR) is 88.3 cm³/mol. The lowest BCUT2D eigenvalue weighted by molar-refractivity contribution is -0.131. The summed E-state index contributed by atoms with van der Waals surface area (Å²) in [7, 11) is 1.94. The van der Waals surface area contributed by atoms with Crippen LogP contribution in [-0.4, -0.2) is 24.1 Å². The summed E-state index contributed by atoms with van der Waals surface area (Å²) in [4.78, 5) is 15.6. The summed E-state index contributed by atoms with van der Waals surface area (Å²) < 4.78 is 0. The van der Waals surface area contributed by atoms with Gasteiger partial charge in [0.15, 0.2) is 0 Å². The molecule has 0 radical (unpaired) electrons. The fraction of sp³-hybridized carbons (Fsp3) is 0.611. The van der Waals surface area contributed by atoms with Crippen molar-refractivity contribution in [2.75, 3.05) is 13.3 Å². The molecule has 3 atom stereocenters. The first-order valence-corrected chi connectivity index (χ1v) is 9.25. The Morgan fingerprint density at radius 2 is 2.00 bits per heavy atom. The fourth-order valence-electron chi connectivity index (χ4n) is 4.10. The number of thioether (sulfide) groups is 1. The maximum absolute atomic E-state index is 12.4. The van der Waals surface area contributed by atoms with Crippen molar-refractivity contribution in [2.45, 2.75) is 43.5 Å². The summed E-state index contributed by atoms with van der Waals surface area (Å²) >= 11 is 1.75. The van der Waals surface area contributed by atoms with E-state index in [4.69, 9.17) is 0 Å². The van der Waals surface area contributed by atoms with Crippen molar-refractivity contribution in [1.29, 1.82) is 0 Å². The van der Waals surface area contributed by atoms with Gasteiger partial charge in [0.25, 0.3) is 0 Å². The maximum atomic E-state index is 12.4. The lowest BCUT2D eigenvalue weighted by Crippen LogP contribution is -2.29. The van der Waals surface area contributed by atoms with Gasteiger partial charge in [0, 0.05) is 24.9 Å². The number of benzene rings is 1. The van der Waals surface area contributed by atoms with E-state index in [0.29, 0.717) is 11.8 Å². The Morgan fingerprint density at radius 1 is 1.24 bits per heavy atom. The number of rotatable bonds is 5. The number of fused-ring (bicyclic) bond motifs is 2. The van der Waals surface area contributed by atoms with Gasteiger partial charge in [-0.3, -0.25) is 4.79 Å². The van der Waals surface area contributed by atoms with E-state index in [1.54, 1.807) is 11.8 Å². The van der Waals surface area contributed by atoms with Crippen LogP contribution >= 0.6 is 11.8 Å². The maximum Gasteiger partial charge on any atom is 0.222 e. The largest absolute Gasteiger partial charge is 0.341 e. The number of carbonyl (C=O) groups is 1. The van der Waals surface area contributed by atoms with Crippen molar-refractivity contribution in [2.24, 2.45) is 17.8 Å². The van der Waals surface area contributed by atoms with Crippen molar-refractivity contribution < 1.29 is 4.79 Å². The molecule has 0 saturated heterocycles. The predicted octanol–water partition coefficient (Wildman–Crippen LogP) is 4.19. The molecule has 3 heteroatoms. The van der Waals surface area contributed by atoms with Crippen molar-refractivity contribution in [1.82, 2.24) is 4.90 Å². The first-order chi connectivity index (χ1) is 10.2. The summed E-state index contributed by atoms with van der Waals surface area (Å²) in [6.07, 6.45) is 8.31. The summed E-state index contributed by atoms with van der Waals surface area (Å²) in [5.74, 6) is 2.75. The molecule has 114 valence electrons. The number of hydrogen-bond acceptors (Lipinski definition) is 2. The van der Waals surface area contributed by atoms with Gasteiger partial charge in [0.1, 0.15) is 0 Å². The van der Waals surface area contributed by atoms with Gasteiger partial charge < -0.3 is 4.90 Å². The molecule has 0 aromatic heterocycles. The molecule has 2 nitrogen and oxygen atoms in total. The average Bonchev–Trinajstić information content (AvgIpc) is 3.10. The van der Waals surface area contributed by atoms with Gasteiger partial charge in [-0.1, -0.05) is 18.6 Å². The summed E-state index contributed by atoms with van der Waals surface area (Å²) in [5.41, 5.74) is 1.22. The van der Waals surface area contributed by atoms with Gasteiger partial charge in [-0.2, -0.15) is 0 Å². The fourth-order valence-corrected chi connectivity index (χ4v) is 4.51. The van der Waals surface area contributed by atoms with E-state index in [1.165, 1.54) is 36.1 Å². The van der Waals surface area contributed by atoms with Gasteiger partial charge in [-0.15, -0.1) is 11.8 Å². The minimum absolute atomic E-state index is 0.321. The molecule has 2 fully saturated rings. The van der Waals surface area contributed by atoms with Crippen LogP contribution in [0.5, 0.6) is 0 Å². The third-order valence-corrected chi connectivity index (χ3v) is 6.07. The molecule has 1 aromatic rings. The molecule has 2 bridgehead atoms. The van der Waals surface area contributed by atoms with Crippen LogP contribution in [0.3, 0.4) is 0 Å². The Morgan fingerprint density at radius 3 is 2.57 bits per heavy atom. The minimum Gasteiger partial charge on any atom is -0.341 e. The topological polar surface area (TPSA) is 20.3 Å². The number of nitrogens with zero attached hydrogens (tertiary/aromatic N) is 1. The molecule has 1 aromatic carbocycles. The zero-order valence-electron chi connectivity index (χ0n) is 13.0. The number of amides is 1. The van der Waals surface area contributed by atoms with Crippen LogP contribution in [0.4, 0.5) is 0 Å². The van der Waals surface area contributed by atoms with Gasteiger partial charge in [0.2, 0.25) is 5.91 Å². The molecule has 1 amide bonds. The third kappa shape index (κ3) is 3.45. The highest BCUT2D eigenvalue weighted by molar-refractivity contribution is 7.98. The smallest absolute Gasteiger partial charge is 0.222 e. The van der Waals surface area contributed by atoms with E-state index in [0.717, 1.165) is 24.8 Å². The van der Waals surface area contributed by atoms with Crippen LogP contribution < -0.4 is 0 Å². The number of hydrogen-bond donors (Lipinski definition) is 0. The Hall–Kier alpha value is -0.960. The van der Waals surface area contributed by atoms with Crippen molar-refractivity contribution in [3.05, 3.63) is 29.8 Å². The molecule has 0 spiro atoms. The second-order valence-electron chi connectivity index (χ2n) is 6.74. The highest BCUT2D eigenvalue weighted by atomic mass is 32.2. The molecule has 3 rings (SSSR count). The van der Waals surface area contributed by atoms with Crippen molar-refractivity contribution in [3.8, 4) is 0 Å². The molecule has 2 aliphatic rings. The monoisotopic (exact) mass is 303 g/mol.